The summed E-state index contributed by atoms with van der Waals surface area (Å²) >= 11 is 0. The van der Waals surface area contributed by atoms with Gasteiger partial charge in [-0.3, -0.25) is 0 Å². The SMILES string of the molecule is CCNCc1cnc(N(C)CCO)c(C)c1. The van der Waals surface area contributed by atoms with Gasteiger partial charge in [0.1, 0.15) is 5.82 Å². The molecule has 0 spiro atoms. The minimum absolute atomic E-state index is 0.150. The molecule has 1 heterocycles. The van der Waals surface area contributed by atoms with Crippen LogP contribution in [0.15, 0.2) is 12.3 Å². The third-order valence-corrected chi connectivity index (χ3v) is 2.48. The molecule has 4 heteroatoms. The number of nitrogens with one attached hydrogen (secondary N) is 1. The second-order valence-electron chi connectivity index (χ2n) is 3.91. The fraction of sp³-hybridized carbons (Fsp3) is 0.583. The molecule has 1 rings (SSSR count). The second kappa shape index (κ2) is 6.45. The molecule has 0 aromatic carbocycles. The molecule has 0 bridgehead atoms. The average Bonchev–Trinajstić information content (AvgIpc) is 2.26. The first-order chi connectivity index (χ1) is 7.69. The Morgan fingerprint density at radius 1 is 1.50 bits per heavy atom. The molecule has 2 N–H and O–H groups in total. The van der Waals surface area contributed by atoms with Crippen LogP contribution in [0.5, 0.6) is 0 Å². The van der Waals surface area contributed by atoms with Gasteiger partial charge in [-0.05, 0) is 30.7 Å². The second-order valence-corrected chi connectivity index (χ2v) is 3.91. The zero-order chi connectivity index (χ0) is 12.0. The highest BCUT2D eigenvalue weighted by Crippen LogP contribution is 2.16. The summed E-state index contributed by atoms with van der Waals surface area (Å²) in [6.07, 6.45) is 1.89. The molecule has 1 aromatic rings. The fourth-order valence-electron chi connectivity index (χ4n) is 1.65. The first-order valence-corrected chi connectivity index (χ1v) is 5.67. The average molecular weight is 223 g/mol. The highest BCUT2D eigenvalue weighted by Gasteiger charge is 2.06. The molecule has 16 heavy (non-hydrogen) atoms. The van der Waals surface area contributed by atoms with Crippen molar-refractivity contribution in [2.24, 2.45) is 0 Å². The number of rotatable bonds is 6. The Bertz CT molecular complexity index is 328. The van der Waals surface area contributed by atoms with Crippen molar-refractivity contribution in [3.05, 3.63) is 23.4 Å². The van der Waals surface area contributed by atoms with Crippen LogP contribution in [0.4, 0.5) is 5.82 Å². The van der Waals surface area contributed by atoms with Gasteiger partial charge >= 0.3 is 0 Å². The summed E-state index contributed by atoms with van der Waals surface area (Å²) < 4.78 is 0. The number of aryl methyl sites for hydroxylation is 1. The van der Waals surface area contributed by atoms with Crippen LogP contribution >= 0.6 is 0 Å². The van der Waals surface area contributed by atoms with Crippen LogP contribution < -0.4 is 10.2 Å². The van der Waals surface area contributed by atoms with E-state index in [1.54, 1.807) is 0 Å². The first kappa shape index (κ1) is 12.9. The van der Waals surface area contributed by atoms with Gasteiger partial charge in [-0.1, -0.05) is 6.92 Å². The fourth-order valence-corrected chi connectivity index (χ4v) is 1.65. The third-order valence-electron chi connectivity index (χ3n) is 2.48. The summed E-state index contributed by atoms with van der Waals surface area (Å²) in [5.74, 6) is 0.939. The van der Waals surface area contributed by atoms with Gasteiger partial charge in [0.05, 0.1) is 6.61 Å². The predicted molar refractivity (Wildman–Crippen MR) is 66.7 cm³/mol. The number of hydrogen-bond donors (Lipinski definition) is 2. The van der Waals surface area contributed by atoms with Gasteiger partial charge in [0.2, 0.25) is 0 Å². The van der Waals surface area contributed by atoms with Crippen molar-refractivity contribution in [3.63, 3.8) is 0 Å². The largest absolute Gasteiger partial charge is 0.395 e. The maximum atomic E-state index is 8.88. The van der Waals surface area contributed by atoms with Gasteiger partial charge in [0.15, 0.2) is 0 Å². The van der Waals surface area contributed by atoms with Crippen molar-refractivity contribution >= 4 is 5.82 Å². The minimum Gasteiger partial charge on any atom is -0.395 e. The van der Waals surface area contributed by atoms with E-state index in [9.17, 15) is 0 Å². The zero-order valence-corrected chi connectivity index (χ0v) is 10.3. The molecular weight excluding hydrogens is 202 g/mol. The summed E-state index contributed by atoms with van der Waals surface area (Å²) in [4.78, 5) is 6.39. The molecule has 0 saturated heterocycles. The van der Waals surface area contributed by atoms with E-state index in [1.807, 2.05) is 25.1 Å². The van der Waals surface area contributed by atoms with E-state index in [-0.39, 0.29) is 6.61 Å². The number of aliphatic hydroxyl groups excluding tert-OH is 1. The zero-order valence-electron chi connectivity index (χ0n) is 10.3. The van der Waals surface area contributed by atoms with Crippen LogP contribution in [0.3, 0.4) is 0 Å². The molecule has 90 valence electrons. The Labute approximate surface area is 97.3 Å². The van der Waals surface area contributed by atoms with Crippen molar-refractivity contribution in [3.8, 4) is 0 Å². The number of anilines is 1. The normalized spacial score (nSPS) is 10.5. The molecule has 0 radical (unpaired) electrons. The molecule has 4 nitrogen and oxygen atoms in total. The van der Waals surface area contributed by atoms with E-state index in [0.29, 0.717) is 6.54 Å². The van der Waals surface area contributed by atoms with E-state index < -0.39 is 0 Å². The number of aliphatic hydroxyl groups is 1. The summed E-state index contributed by atoms with van der Waals surface area (Å²) in [6.45, 7) is 6.71. The van der Waals surface area contributed by atoms with E-state index in [0.717, 1.165) is 24.5 Å². The van der Waals surface area contributed by atoms with Gasteiger partial charge in [-0.25, -0.2) is 4.98 Å². The topological polar surface area (TPSA) is 48.4 Å². The lowest BCUT2D eigenvalue weighted by Gasteiger charge is -2.19. The Hall–Kier alpha value is -1.13. The van der Waals surface area contributed by atoms with Crippen molar-refractivity contribution in [1.29, 1.82) is 0 Å². The molecule has 0 amide bonds. The van der Waals surface area contributed by atoms with Crippen molar-refractivity contribution in [2.75, 3.05) is 31.6 Å². The number of likely N-dealkylation sites (N-methyl/N-ethyl adjacent to an activating group) is 1. The Kier molecular flexibility index (Phi) is 5.22. The van der Waals surface area contributed by atoms with E-state index in [4.69, 9.17) is 5.11 Å². The van der Waals surface area contributed by atoms with Crippen LogP contribution in [0.25, 0.3) is 0 Å². The number of pyridine rings is 1. The molecule has 0 atom stereocenters. The van der Waals surface area contributed by atoms with Crippen LogP contribution in [0.1, 0.15) is 18.1 Å². The molecule has 0 saturated carbocycles. The van der Waals surface area contributed by atoms with Gasteiger partial charge in [0, 0.05) is 26.3 Å². The van der Waals surface area contributed by atoms with Crippen molar-refractivity contribution in [2.45, 2.75) is 20.4 Å². The van der Waals surface area contributed by atoms with Crippen molar-refractivity contribution in [1.82, 2.24) is 10.3 Å². The Morgan fingerprint density at radius 2 is 2.25 bits per heavy atom. The maximum Gasteiger partial charge on any atom is 0.131 e. The lowest BCUT2D eigenvalue weighted by molar-refractivity contribution is 0.304. The van der Waals surface area contributed by atoms with E-state index >= 15 is 0 Å². The Morgan fingerprint density at radius 3 is 2.81 bits per heavy atom. The highest BCUT2D eigenvalue weighted by atomic mass is 16.3. The molecular formula is C12H21N3O. The summed E-state index contributed by atoms with van der Waals surface area (Å²) in [5, 5.41) is 12.2. The number of hydrogen-bond acceptors (Lipinski definition) is 4. The lowest BCUT2D eigenvalue weighted by Crippen LogP contribution is -2.23. The summed E-state index contributed by atoms with van der Waals surface area (Å²) in [7, 11) is 1.94. The molecule has 0 fully saturated rings. The lowest BCUT2D eigenvalue weighted by atomic mass is 10.2. The number of aromatic nitrogens is 1. The molecule has 1 aromatic heterocycles. The van der Waals surface area contributed by atoms with E-state index in [1.165, 1.54) is 5.56 Å². The third kappa shape index (κ3) is 3.47. The van der Waals surface area contributed by atoms with E-state index in [2.05, 4.69) is 23.3 Å². The van der Waals surface area contributed by atoms with Crippen LogP contribution in [-0.2, 0) is 6.54 Å². The quantitative estimate of drug-likeness (QED) is 0.753. The Balaban J connectivity index is 2.74. The molecule has 0 unspecified atom stereocenters. The van der Waals surface area contributed by atoms with Gasteiger partial charge in [0.25, 0.3) is 0 Å². The van der Waals surface area contributed by atoms with Crippen LogP contribution in [0.2, 0.25) is 0 Å². The van der Waals surface area contributed by atoms with Crippen LogP contribution in [0, 0.1) is 6.92 Å². The molecule has 0 aliphatic heterocycles. The smallest absolute Gasteiger partial charge is 0.131 e. The van der Waals surface area contributed by atoms with Crippen LogP contribution in [-0.4, -0.2) is 36.8 Å². The predicted octanol–water partition coefficient (Wildman–Crippen LogP) is 0.928. The van der Waals surface area contributed by atoms with Gasteiger partial charge in [-0.15, -0.1) is 0 Å². The van der Waals surface area contributed by atoms with Gasteiger partial charge < -0.3 is 15.3 Å². The maximum absolute atomic E-state index is 8.88. The first-order valence-electron chi connectivity index (χ1n) is 5.67. The van der Waals surface area contributed by atoms with Crippen molar-refractivity contribution < 1.29 is 5.11 Å². The summed E-state index contributed by atoms with van der Waals surface area (Å²) in [5.41, 5.74) is 2.34. The monoisotopic (exact) mass is 223 g/mol. The van der Waals surface area contributed by atoms with Gasteiger partial charge in [-0.2, -0.15) is 0 Å². The summed E-state index contributed by atoms with van der Waals surface area (Å²) in [6, 6.07) is 2.14. The minimum atomic E-state index is 0.150. The standard InChI is InChI=1S/C12H21N3O/c1-4-13-8-11-7-10(2)12(14-9-11)15(3)5-6-16/h7,9,13,16H,4-6,8H2,1-3H3. The molecule has 0 aliphatic rings. The number of nitrogens with zero attached hydrogens (tertiary/aromatic N) is 2. The highest BCUT2D eigenvalue weighted by molar-refractivity contribution is 5.46. The molecule has 0 aliphatic carbocycles.